The Morgan fingerprint density at radius 2 is 2.00 bits per heavy atom. The lowest BCUT2D eigenvalue weighted by Crippen LogP contribution is -2.00. The molecule has 0 aliphatic heterocycles. The predicted molar refractivity (Wildman–Crippen MR) is 63.2 cm³/mol. The van der Waals surface area contributed by atoms with Gasteiger partial charge in [-0.1, -0.05) is 17.3 Å². The third-order valence-corrected chi connectivity index (χ3v) is 2.46. The van der Waals surface area contributed by atoms with Crippen LogP contribution in [0.4, 0.5) is 0 Å². The Labute approximate surface area is 103 Å². The first-order valence-electron chi connectivity index (χ1n) is 5.52. The molecule has 1 aromatic heterocycles. The largest absolute Gasteiger partial charge is 0.508 e. The number of aliphatic carboxylic acids is 1. The van der Waals surface area contributed by atoms with Crippen LogP contribution < -0.4 is 0 Å². The van der Waals surface area contributed by atoms with E-state index in [2.05, 4.69) is 10.3 Å². The molecule has 2 rings (SSSR count). The highest BCUT2D eigenvalue weighted by Crippen LogP contribution is 2.10. The number of hydrogen-bond donors (Lipinski definition) is 2. The number of carbonyl (C=O) groups is 1. The van der Waals surface area contributed by atoms with Crippen LogP contribution in [0.15, 0.2) is 30.5 Å². The van der Waals surface area contributed by atoms with Gasteiger partial charge >= 0.3 is 5.97 Å². The van der Waals surface area contributed by atoms with Gasteiger partial charge in [-0.05, 0) is 17.7 Å². The molecule has 1 aromatic carbocycles. The van der Waals surface area contributed by atoms with Crippen LogP contribution in [-0.2, 0) is 17.8 Å². The van der Waals surface area contributed by atoms with Gasteiger partial charge in [-0.3, -0.25) is 4.79 Å². The fourth-order valence-electron chi connectivity index (χ4n) is 1.55. The second-order valence-corrected chi connectivity index (χ2v) is 3.97. The second kappa shape index (κ2) is 5.31. The summed E-state index contributed by atoms with van der Waals surface area (Å²) in [5.74, 6) is -0.623. The predicted octanol–water partition coefficient (Wildman–Crippen LogP) is 1.05. The summed E-state index contributed by atoms with van der Waals surface area (Å²) in [6.07, 6.45) is 2.17. The molecule has 0 aliphatic carbocycles. The van der Waals surface area contributed by atoms with Crippen LogP contribution >= 0.6 is 0 Å². The second-order valence-electron chi connectivity index (χ2n) is 3.97. The van der Waals surface area contributed by atoms with Crippen LogP contribution in [0.25, 0.3) is 0 Å². The molecule has 0 radical (unpaired) electrons. The van der Waals surface area contributed by atoms with Gasteiger partial charge < -0.3 is 10.2 Å². The summed E-state index contributed by atoms with van der Waals surface area (Å²) >= 11 is 0. The number of carboxylic acid groups (broad SMARTS) is 1. The minimum absolute atomic E-state index is 0.0535. The molecule has 0 saturated carbocycles. The Morgan fingerprint density at radius 3 is 2.67 bits per heavy atom. The number of phenols is 1. The number of nitrogens with zero attached hydrogens (tertiary/aromatic N) is 3. The van der Waals surface area contributed by atoms with Gasteiger partial charge in [0.25, 0.3) is 0 Å². The Morgan fingerprint density at radius 1 is 1.28 bits per heavy atom. The van der Waals surface area contributed by atoms with Gasteiger partial charge in [0.15, 0.2) is 0 Å². The summed E-state index contributed by atoms with van der Waals surface area (Å²) in [6, 6.07) is 6.82. The van der Waals surface area contributed by atoms with Gasteiger partial charge in [0.2, 0.25) is 0 Å². The molecule has 18 heavy (non-hydrogen) atoms. The van der Waals surface area contributed by atoms with Crippen LogP contribution in [0.5, 0.6) is 5.75 Å². The maximum Gasteiger partial charge on any atom is 0.303 e. The fraction of sp³-hybridized carbons (Fsp3) is 0.250. The minimum Gasteiger partial charge on any atom is -0.508 e. The molecular weight excluding hydrogens is 234 g/mol. The highest BCUT2D eigenvalue weighted by atomic mass is 16.4. The Kier molecular flexibility index (Phi) is 3.57. The van der Waals surface area contributed by atoms with Gasteiger partial charge in [0.05, 0.1) is 18.7 Å². The summed E-state index contributed by atoms with van der Waals surface area (Å²) in [4.78, 5) is 10.4. The number of carboxylic acids is 1. The summed E-state index contributed by atoms with van der Waals surface area (Å²) in [6.45, 7) is 0.542. The van der Waals surface area contributed by atoms with Crippen molar-refractivity contribution in [3.05, 3.63) is 41.7 Å². The lowest BCUT2D eigenvalue weighted by atomic mass is 10.2. The van der Waals surface area contributed by atoms with Gasteiger partial charge in [0.1, 0.15) is 5.75 Å². The van der Waals surface area contributed by atoms with Crippen molar-refractivity contribution in [2.24, 2.45) is 0 Å². The number of benzene rings is 1. The zero-order valence-corrected chi connectivity index (χ0v) is 9.65. The summed E-state index contributed by atoms with van der Waals surface area (Å²) in [5.41, 5.74) is 1.65. The highest BCUT2D eigenvalue weighted by molar-refractivity contribution is 5.66. The van der Waals surface area contributed by atoms with E-state index in [9.17, 15) is 4.79 Å². The maximum atomic E-state index is 10.4. The average molecular weight is 247 g/mol. The Balaban J connectivity index is 1.97. The van der Waals surface area contributed by atoms with E-state index in [1.165, 1.54) is 0 Å². The van der Waals surface area contributed by atoms with E-state index < -0.39 is 5.97 Å². The quantitative estimate of drug-likeness (QED) is 0.824. The molecule has 94 valence electrons. The van der Waals surface area contributed by atoms with Crippen molar-refractivity contribution in [3.8, 4) is 5.75 Å². The van der Waals surface area contributed by atoms with Crippen LogP contribution in [0.1, 0.15) is 17.7 Å². The summed E-state index contributed by atoms with van der Waals surface area (Å²) in [7, 11) is 0. The molecule has 0 spiro atoms. The highest BCUT2D eigenvalue weighted by Gasteiger charge is 2.04. The molecule has 0 unspecified atom stereocenters. The molecular formula is C12H13N3O3. The molecule has 2 N–H and O–H groups in total. The van der Waals surface area contributed by atoms with Crippen molar-refractivity contribution < 1.29 is 15.0 Å². The van der Waals surface area contributed by atoms with E-state index in [1.807, 2.05) is 0 Å². The minimum atomic E-state index is -0.844. The standard InChI is InChI=1S/C12H13N3O3/c16-11-4-1-9(2-5-11)7-15-8-10(13-14-15)3-6-12(17)18/h1-2,4-5,8,16H,3,6-7H2,(H,17,18). The first-order chi connectivity index (χ1) is 8.63. The van der Waals surface area contributed by atoms with Crippen LogP contribution in [0, 0.1) is 0 Å². The molecule has 0 bridgehead atoms. The molecule has 0 saturated heterocycles. The lowest BCUT2D eigenvalue weighted by Gasteiger charge is -2.00. The molecule has 6 nitrogen and oxygen atoms in total. The number of aromatic nitrogens is 3. The third kappa shape index (κ3) is 3.31. The van der Waals surface area contributed by atoms with Crippen molar-refractivity contribution in [2.75, 3.05) is 0 Å². The van der Waals surface area contributed by atoms with Gasteiger partial charge in [-0.2, -0.15) is 0 Å². The first-order valence-corrected chi connectivity index (χ1v) is 5.52. The van der Waals surface area contributed by atoms with Crippen LogP contribution in [-0.4, -0.2) is 31.2 Å². The molecule has 0 atom stereocenters. The number of aromatic hydroxyl groups is 1. The number of phenolic OH excluding ortho intramolecular Hbond substituents is 1. The van der Waals surface area contributed by atoms with Crippen molar-refractivity contribution >= 4 is 5.97 Å². The normalized spacial score (nSPS) is 10.4. The molecule has 1 heterocycles. The van der Waals surface area contributed by atoms with Gasteiger partial charge in [0, 0.05) is 12.6 Å². The maximum absolute atomic E-state index is 10.4. The lowest BCUT2D eigenvalue weighted by molar-refractivity contribution is -0.136. The van der Waals surface area contributed by atoms with E-state index >= 15 is 0 Å². The third-order valence-electron chi connectivity index (χ3n) is 2.46. The van der Waals surface area contributed by atoms with Crippen LogP contribution in [0.3, 0.4) is 0 Å². The Hall–Kier alpha value is -2.37. The summed E-state index contributed by atoms with van der Waals surface area (Å²) < 4.78 is 1.64. The average Bonchev–Trinajstić information content (AvgIpc) is 2.77. The molecule has 0 amide bonds. The number of rotatable bonds is 5. The van der Waals surface area contributed by atoms with Gasteiger partial charge in [-0.25, -0.2) is 4.68 Å². The van der Waals surface area contributed by atoms with E-state index in [1.54, 1.807) is 35.1 Å². The van der Waals surface area contributed by atoms with E-state index in [0.717, 1.165) is 5.56 Å². The van der Waals surface area contributed by atoms with E-state index in [0.29, 0.717) is 18.7 Å². The zero-order valence-electron chi connectivity index (χ0n) is 9.65. The SMILES string of the molecule is O=C(O)CCc1cn(Cc2ccc(O)cc2)nn1. The molecule has 6 heteroatoms. The first kappa shape index (κ1) is 12.1. The van der Waals surface area contributed by atoms with Crippen molar-refractivity contribution in [2.45, 2.75) is 19.4 Å². The monoisotopic (exact) mass is 247 g/mol. The molecule has 2 aromatic rings. The van der Waals surface area contributed by atoms with Crippen molar-refractivity contribution in [1.82, 2.24) is 15.0 Å². The van der Waals surface area contributed by atoms with Gasteiger partial charge in [-0.15, -0.1) is 5.10 Å². The van der Waals surface area contributed by atoms with Crippen molar-refractivity contribution in [3.63, 3.8) is 0 Å². The summed E-state index contributed by atoms with van der Waals surface area (Å²) in [5, 5.41) is 25.5. The topological polar surface area (TPSA) is 88.2 Å². The fourth-order valence-corrected chi connectivity index (χ4v) is 1.55. The van der Waals surface area contributed by atoms with Crippen molar-refractivity contribution in [1.29, 1.82) is 0 Å². The zero-order chi connectivity index (χ0) is 13.0. The van der Waals surface area contributed by atoms with E-state index in [-0.39, 0.29) is 12.2 Å². The number of hydrogen-bond acceptors (Lipinski definition) is 4. The number of aryl methyl sites for hydroxylation is 1. The molecule has 0 aliphatic rings. The molecule has 0 fully saturated rings. The Bertz CT molecular complexity index is 534. The van der Waals surface area contributed by atoms with Crippen LogP contribution in [0.2, 0.25) is 0 Å². The van der Waals surface area contributed by atoms with E-state index in [4.69, 9.17) is 10.2 Å². The smallest absolute Gasteiger partial charge is 0.303 e.